The van der Waals surface area contributed by atoms with Crippen LogP contribution < -0.4 is 5.32 Å². The minimum Gasteiger partial charge on any atom is -0.396 e. The quantitative estimate of drug-likeness (QED) is 0.845. The summed E-state index contributed by atoms with van der Waals surface area (Å²) >= 11 is 9.44. The first-order chi connectivity index (χ1) is 9.20. The van der Waals surface area contributed by atoms with Gasteiger partial charge in [0.1, 0.15) is 5.69 Å². The van der Waals surface area contributed by atoms with Crippen molar-refractivity contribution in [1.29, 1.82) is 0 Å². The molecule has 0 unspecified atom stereocenters. The van der Waals surface area contributed by atoms with E-state index in [1.54, 1.807) is 4.68 Å². The summed E-state index contributed by atoms with van der Waals surface area (Å²) in [6, 6.07) is 5.64. The predicted octanol–water partition coefficient (Wildman–Crippen LogP) is 2.69. The molecule has 19 heavy (non-hydrogen) atoms. The van der Waals surface area contributed by atoms with Crippen molar-refractivity contribution in [2.45, 2.75) is 19.5 Å². The van der Waals surface area contributed by atoms with E-state index < -0.39 is 0 Å². The number of halogens is 2. The fraction of sp³-hybridized carbons (Fsp3) is 0.333. The van der Waals surface area contributed by atoms with E-state index in [2.05, 4.69) is 31.6 Å². The Kier molecular flexibility index (Phi) is 5.18. The molecule has 0 aliphatic carbocycles. The van der Waals surface area contributed by atoms with E-state index >= 15 is 0 Å². The second-order valence-electron chi connectivity index (χ2n) is 4.01. The van der Waals surface area contributed by atoms with Gasteiger partial charge in [0.2, 0.25) is 0 Å². The average Bonchev–Trinajstić information content (AvgIpc) is 2.86. The lowest BCUT2D eigenvalue weighted by atomic mass is 10.3. The smallest absolute Gasteiger partial charge is 0.102 e. The molecular formula is C12H14BrClN4O. The van der Waals surface area contributed by atoms with Crippen LogP contribution >= 0.6 is 27.5 Å². The van der Waals surface area contributed by atoms with Crippen LogP contribution in [0, 0.1) is 0 Å². The van der Waals surface area contributed by atoms with Crippen LogP contribution in [0.1, 0.15) is 12.1 Å². The number of rotatable bonds is 6. The van der Waals surface area contributed by atoms with Crippen LogP contribution in [0.5, 0.6) is 0 Å². The molecule has 0 amide bonds. The molecule has 1 aromatic heterocycles. The maximum atomic E-state index is 8.75. The first-order valence-electron chi connectivity index (χ1n) is 5.88. The molecule has 0 bridgehead atoms. The van der Waals surface area contributed by atoms with Crippen molar-refractivity contribution >= 4 is 33.2 Å². The average molecular weight is 346 g/mol. The molecule has 102 valence electrons. The lowest BCUT2D eigenvalue weighted by molar-refractivity contribution is 0.276. The van der Waals surface area contributed by atoms with Crippen LogP contribution in [0.3, 0.4) is 0 Å². The zero-order valence-electron chi connectivity index (χ0n) is 10.2. The molecule has 0 saturated heterocycles. The fourth-order valence-electron chi connectivity index (χ4n) is 1.59. The van der Waals surface area contributed by atoms with Gasteiger partial charge in [-0.15, -0.1) is 5.10 Å². The van der Waals surface area contributed by atoms with Gasteiger partial charge in [-0.2, -0.15) is 0 Å². The summed E-state index contributed by atoms with van der Waals surface area (Å²) in [7, 11) is 0. The van der Waals surface area contributed by atoms with E-state index in [1.165, 1.54) is 0 Å². The van der Waals surface area contributed by atoms with Gasteiger partial charge in [0.05, 0.1) is 27.9 Å². The summed E-state index contributed by atoms with van der Waals surface area (Å²) in [6.45, 7) is 1.39. The van der Waals surface area contributed by atoms with Gasteiger partial charge in [0, 0.05) is 13.2 Å². The number of anilines is 1. The van der Waals surface area contributed by atoms with Gasteiger partial charge in [0.15, 0.2) is 0 Å². The van der Waals surface area contributed by atoms with Crippen molar-refractivity contribution in [3.05, 3.63) is 39.6 Å². The van der Waals surface area contributed by atoms with Gasteiger partial charge in [-0.1, -0.05) is 22.9 Å². The molecule has 5 nitrogen and oxygen atoms in total. The van der Waals surface area contributed by atoms with Crippen LogP contribution in [0.2, 0.25) is 5.02 Å². The summed E-state index contributed by atoms with van der Waals surface area (Å²) in [5, 5.41) is 20.7. The van der Waals surface area contributed by atoms with E-state index in [4.69, 9.17) is 16.7 Å². The van der Waals surface area contributed by atoms with Crippen molar-refractivity contribution in [3.8, 4) is 0 Å². The van der Waals surface area contributed by atoms with Gasteiger partial charge < -0.3 is 10.4 Å². The zero-order valence-corrected chi connectivity index (χ0v) is 12.5. The minimum absolute atomic E-state index is 0.156. The number of nitrogens with zero attached hydrogens (tertiary/aromatic N) is 3. The van der Waals surface area contributed by atoms with Gasteiger partial charge in [-0.3, -0.25) is 4.68 Å². The Balaban J connectivity index is 1.95. The van der Waals surface area contributed by atoms with Gasteiger partial charge in [-0.25, -0.2) is 0 Å². The number of benzene rings is 1. The Morgan fingerprint density at radius 1 is 1.42 bits per heavy atom. The van der Waals surface area contributed by atoms with Crippen molar-refractivity contribution < 1.29 is 5.11 Å². The second kappa shape index (κ2) is 6.88. The Bertz CT molecular complexity index is 546. The maximum Gasteiger partial charge on any atom is 0.102 e. The third-order valence-corrected chi connectivity index (χ3v) is 3.94. The highest BCUT2D eigenvalue weighted by Gasteiger charge is 2.05. The van der Waals surface area contributed by atoms with E-state index in [9.17, 15) is 0 Å². The molecular weight excluding hydrogens is 332 g/mol. The highest BCUT2D eigenvalue weighted by Crippen LogP contribution is 2.30. The molecule has 0 saturated carbocycles. The number of hydrogen-bond donors (Lipinski definition) is 2. The lowest BCUT2D eigenvalue weighted by Crippen LogP contribution is -2.01. The van der Waals surface area contributed by atoms with Crippen molar-refractivity contribution in [1.82, 2.24) is 15.0 Å². The molecule has 1 heterocycles. The number of aliphatic hydroxyl groups is 1. The largest absolute Gasteiger partial charge is 0.396 e. The van der Waals surface area contributed by atoms with Crippen LogP contribution in [0.25, 0.3) is 0 Å². The molecule has 0 atom stereocenters. The molecule has 7 heteroatoms. The summed E-state index contributed by atoms with van der Waals surface area (Å²) < 4.78 is 2.56. The zero-order chi connectivity index (χ0) is 13.7. The maximum absolute atomic E-state index is 8.75. The predicted molar refractivity (Wildman–Crippen MR) is 78.2 cm³/mol. The Morgan fingerprint density at radius 2 is 2.26 bits per heavy atom. The Hall–Kier alpha value is -1.11. The van der Waals surface area contributed by atoms with Crippen LogP contribution in [0.15, 0.2) is 28.9 Å². The summed E-state index contributed by atoms with van der Waals surface area (Å²) in [6.07, 6.45) is 2.54. The van der Waals surface area contributed by atoms with Crippen molar-refractivity contribution in [3.63, 3.8) is 0 Å². The van der Waals surface area contributed by atoms with Gasteiger partial charge >= 0.3 is 0 Å². The minimum atomic E-state index is 0.156. The van der Waals surface area contributed by atoms with E-state index in [-0.39, 0.29) is 6.61 Å². The SMILES string of the molecule is OCCCn1cc(CNc2cccc(Cl)c2Br)nn1. The van der Waals surface area contributed by atoms with E-state index in [1.807, 2.05) is 24.4 Å². The summed E-state index contributed by atoms with van der Waals surface area (Å²) in [5.74, 6) is 0. The lowest BCUT2D eigenvalue weighted by Gasteiger charge is -2.07. The molecule has 2 N–H and O–H groups in total. The van der Waals surface area contributed by atoms with Crippen LogP contribution in [-0.2, 0) is 13.1 Å². The standard InChI is InChI=1S/C12H14BrClN4O/c13-12-10(14)3-1-4-11(12)15-7-9-8-18(17-16-9)5-2-6-19/h1,3-4,8,15,19H,2,5-7H2. The molecule has 2 aromatic rings. The Labute approximate surface area is 124 Å². The summed E-state index contributed by atoms with van der Waals surface area (Å²) in [4.78, 5) is 0. The topological polar surface area (TPSA) is 63.0 Å². The van der Waals surface area contributed by atoms with E-state index in [0.717, 1.165) is 15.9 Å². The highest BCUT2D eigenvalue weighted by molar-refractivity contribution is 9.10. The highest BCUT2D eigenvalue weighted by atomic mass is 79.9. The van der Waals surface area contributed by atoms with Gasteiger partial charge in [0.25, 0.3) is 0 Å². The monoisotopic (exact) mass is 344 g/mol. The number of aromatic nitrogens is 3. The third-order valence-electron chi connectivity index (χ3n) is 2.54. The molecule has 0 aliphatic heterocycles. The van der Waals surface area contributed by atoms with Gasteiger partial charge in [-0.05, 0) is 34.5 Å². The number of aliphatic hydroxyl groups excluding tert-OH is 1. The Morgan fingerprint density at radius 3 is 3.05 bits per heavy atom. The second-order valence-corrected chi connectivity index (χ2v) is 5.21. The van der Waals surface area contributed by atoms with Crippen LogP contribution in [-0.4, -0.2) is 26.7 Å². The number of aryl methyl sites for hydroxylation is 1. The third kappa shape index (κ3) is 3.92. The molecule has 2 rings (SSSR count). The first kappa shape index (κ1) is 14.3. The fourth-order valence-corrected chi connectivity index (χ4v) is 2.17. The summed E-state index contributed by atoms with van der Waals surface area (Å²) in [5.41, 5.74) is 1.75. The van der Waals surface area contributed by atoms with Crippen LogP contribution in [0.4, 0.5) is 5.69 Å². The normalized spacial score (nSPS) is 10.7. The number of hydrogen-bond acceptors (Lipinski definition) is 4. The van der Waals surface area contributed by atoms with Crippen molar-refractivity contribution in [2.75, 3.05) is 11.9 Å². The molecule has 0 radical (unpaired) electrons. The van der Waals surface area contributed by atoms with Crippen molar-refractivity contribution in [2.24, 2.45) is 0 Å². The molecule has 1 aromatic carbocycles. The molecule has 0 fully saturated rings. The van der Waals surface area contributed by atoms with E-state index in [0.29, 0.717) is 24.5 Å². The molecule has 0 aliphatic rings. The number of nitrogens with one attached hydrogen (secondary N) is 1. The first-order valence-corrected chi connectivity index (χ1v) is 7.05. The molecule has 0 spiro atoms.